The molecule has 1 atom stereocenters. The number of anilines is 2. The highest BCUT2D eigenvalue weighted by Crippen LogP contribution is 2.29. The van der Waals surface area contributed by atoms with E-state index in [1.165, 1.54) is 18.2 Å². The lowest BCUT2D eigenvalue weighted by Gasteiger charge is -2.28. The highest BCUT2D eigenvalue weighted by atomic mass is 19.1. The van der Waals surface area contributed by atoms with E-state index in [1.54, 1.807) is 27.7 Å². The van der Waals surface area contributed by atoms with Gasteiger partial charge in [-0.3, -0.25) is 4.79 Å². The number of alkyl carbamates (subject to hydrolysis) is 1. The summed E-state index contributed by atoms with van der Waals surface area (Å²) in [6, 6.07) is 3.66. The third-order valence-electron chi connectivity index (χ3n) is 3.83. The van der Waals surface area contributed by atoms with E-state index in [-0.39, 0.29) is 5.82 Å². The summed E-state index contributed by atoms with van der Waals surface area (Å²) in [4.78, 5) is 24.1. The quantitative estimate of drug-likeness (QED) is 0.757. The number of ether oxygens (including phenoxy) is 1. The van der Waals surface area contributed by atoms with Crippen molar-refractivity contribution in [3.63, 3.8) is 0 Å². The lowest BCUT2D eigenvalue weighted by Crippen LogP contribution is -2.44. The molecule has 138 valence electrons. The molecule has 0 spiro atoms. The van der Waals surface area contributed by atoms with Crippen LogP contribution in [0, 0.1) is 5.82 Å². The van der Waals surface area contributed by atoms with Gasteiger partial charge in [0.1, 0.15) is 17.5 Å². The molecule has 1 aromatic rings. The van der Waals surface area contributed by atoms with Crippen LogP contribution in [0.3, 0.4) is 0 Å². The van der Waals surface area contributed by atoms with Crippen molar-refractivity contribution in [2.45, 2.75) is 64.6 Å². The fraction of sp³-hybridized carbons (Fsp3) is 0.556. The molecule has 0 aromatic heterocycles. The second-order valence-electron chi connectivity index (χ2n) is 7.32. The summed E-state index contributed by atoms with van der Waals surface area (Å²) in [5.74, 6) is -0.783. The van der Waals surface area contributed by atoms with Crippen molar-refractivity contribution in [3.05, 3.63) is 24.0 Å². The van der Waals surface area contributed by atoms with Crippen LogP contribution in [0.15, 0.2) is 18.2 Å². The van der Waals surface area contributed by atoms with Crippen molar-refractivity contribution in [2.75, 3.05) is 10.6 Å². The maximum Gasteiger partial charge on any atom is 0.408 e. The van der Waals surface area contributed by atoms with Gasteiger partial charge >= 0.3 is 6.09 Å². The first-order chi connectivity index (χ1) is 11.6. The van der Waals surface area contributed by atoms with E-state index in [1.807, 2.05) is 0 Å². The smallest absolute Gasteiger partial charge is 0.408 e. The summed E-state index contributed by atoms with van der Waals surface area (Å²) in [5.41, 5.74) is 0.385. The maximum absolute atomic E-state index is 13.5. The van der Waals surface area contributed by atoms with Gasteiger partial charge in [0, 0.05) is 6.04 Å². The molecule has 3 N–H and O–H groups in total. The molecular weight excluding hydrogens is 325 g/mol. The van der Waals surface area contributed by atoms with Crippen molar-refractivity contribution >= 4 is 23.4 Å². The van der Waals surface area contributed by atoms with Crippen molar-refractivity contribution < 1.29 is 18.7 Å². The van der Waals surface area contributed by atoms with Crippen LogP contribution in [-0.2, 0) is 9.53 Å². The van der Waals surface area contributed by atoms with Gasteiger partial charge in [0.25, 0.3) is 0 Å². The van der Waals surface area contributed by atoms with Crippen LogP contribution >= 0.6 is 0 Å². The van der Waals surface area contributed by atoms with Gasteiger partial charge in [0.15, 0.2) is 0 Å². The molecule has 1 unspecified atom stereocenters. The molecule has 0 aliphatic heterocycles. The summed E-state index contributed by atoms with van der Waals surface area (Å²) in [5, 5.41) is 8.44. The van der Waals surface area contributed by atoms with Gasteiger partial charge in [-0.15, -0.1) is 0 Å². The molecule has 6 nitrogen and oxygen atoms in total. The number of benzene rings is 1. The third-order valence-corrected chi connectivity index (χ3v) is 3.83. The van der Waals surface area contributed by atoms with Crippen molar-refractivity contribution in [2.24, 2.45) is 0 Å². The Balaban J connectivity index is 1.98. The molecule has 0 radical (unpaired) electrons. The van der Waals surface area contributed by atoms with E-state index < -0.39 is 23.6 Å². The maximum atomic E-state index is 13.5. The summed E-state index contributed by atoms with van der Waals surface area (Å²) in [6.45, 7) is 6.79. The first kappa shape index (κ1) is 19.0. The minimum Gasteiger partial charge on any atom is -0.444 e. The van der Waals surface area contributed by atoms with Crippen LogP contribution in [0.25, 0.3) is 0 Å². The average molecular weight is 351 g/mol. The van der Waals surface area contributed by atoms with Crippen molar-refractivity contribution in [1.82, 2.24) is 5.32 Å². The Labute approximate surface area is 147 Å². The summed E-state index contributed by atoms with van der Waals surface area (Å²) < 4.78 is 18.6. The average Bonchev–Trinajstić information content (AvgIpc) is 2.43. The van der Waals surface area contributed by atoms with Gasteiger partial charge in [-0.2, -0.15) is 0 Å². The van der Waals surface area contributed by atoms with Gasteiger partial charge < -0.3 is 20.7 Å². The topological polar surface area (TPSA) is 79.5 Å². The Morgan fingerprint density at radius 1 is 1.24 bits per heavy atom. The number of halogens is 1. The van der Waals surface area contributed by atoms with E-state index in [2.05, 4.69) is 16.0 Å². The predicted octanol–water partition coefficient (Wildman–Crippen LogP) is 3.64. The minimum absolute atomic E-state index is 0.301. The van der Waals surface area contributed by atoms with E-state index >= 15 is 0 Å². The van der Waals surface area contributed by atoms with Gasteiger partial charge in [-0.1, -0.05) is 0 Å². The van der Waals surface area contributed by atoms with E-state index in [9.17, 15) is 14.0 Å². The van der Waals surface area contributed by atoms with Gasteiger partial charge in [0.2, 0.25) is 5.91 Å². The monoisotopic (exact) mass is 351 g/mol. The second-order valence-corrected chi connectivity index (χ2v) is 7.32. The molecule has 0 heterocycles. The lowest BCUT2D eigenvalue weighted by atomic mass is 9.93. The van der Waals surface area contributed by atoms with Crippen molar-refractivity contribution in [3.8, 4) is 0 Å². The standard InChI is InChI=1S/C18H26FN3O3/c1-11(20-17(24)25-18(2,3)4)16(23)22-14-9-8-12(19)10-15(14)21-13-6-5-7-13/h8-11,13,21H,5-7H2,1-4H3,(H,20,24)(H,22,23). The van der Waals surface area contributed by atoms with Gasteiger partial charge in [-0.25, -0.2) is 9.18 Å². The molecule has 1 fully saturated rings. The SMILES string of the molecule is CC(NC(=O)OC(C)(C)C)C(=O)Nc1ccc(F)cc1NC1CCC1. The highest BCUT2D eigenvalue weighted by Gasteiger charge is 2.23. The first-order valence-corrected chi connectivity index (χ1v) is 8.50. The van der Waals surface area contributed by atoms with Gasteiger partial charge in [-0.05, 0) is 65.2 Å². The van der Waals surface area contributed by atoms with Crippen LogP contribution in [0.2, 0.25) is 0 Å². The zero-order valence-corrected chi connectivity index (χ0v) is 15.1. The Morgan fingerprint density at radius 2 is 1.92 bits per heavy atom. The van der Waals surface area contributed by atoms with Crippen LogP contribution < -0.4 is 16.0 Å². The largest absolute Gasteiger partial charge is 0.444 e. The van der Waals surface area contributed by atoms with E-state index in [0.717, 1.165) is 19.3 Å². The number of carbonyl (C=O) groups excluding carboxylic acids is 2. The Kier molecular flexibility index (Phi) is 5.87. The fourth-order valence-electron chi connectivity index (χ4n) is 2.31. The van der Waals surface area contributed by atoms with Crippen LogP contribution in [0.1, 0.15) is 47.0 Å². The number of hydrogen-bond acceptors (Lipinski definition) is 4. The molecular formula is C18H26FN3O3. The summed E-state index contributed by atoms with van der Waals surface area (Å²) in [6.07, 6.45) is 2.54. The minimum atomic E-state index is -0.795. The zero-order valence-electron chi connectivity index (χ0n) is 15.1. The molecule has 7 heteroatoms. The molecule has 1 saturated carbocycles. The Bertz CT molecular complexity index is 639. The van der Waals surface area contributed by atoms with Crippen LogP contribution in [0.4, 0.5) is 20.6 Å². The molecule has 2 rings (SSSR count). The molecule has 0 saturated heterocycles. The first-order valence-electron chi connectivity index (χ1n) is 8.50. The second kappa shape index (κ2) is 7.72. The number of carbonyl (C=O) groups is 2. The van der Waals surface area contributed by atoms with E-state index in [4.69, 9.17) is 4.74 Å². The molecule has 1 aliphatic carbocycles. The molecule has 1 aliphatic rings. The number of amides is 2. The normalized spacial score (nSPS) is 15.7. The van der Waals surface area contributed by atoms with E-state index in [0.29, 0.717) is 17.4 Å². The molecule has 2 amide bonds. The number of rotatable bonds is 5. The molecule has 25 heavy (non-hydrogen) atoms. The zero-order chi connectivity index (χ0) is 18.6. The van der Waals surface area contributed by atoms with Crippen LogP contribution in [-0.4, -0.2) is 29.7 Å². The number of nitrogens with one attached hydrogen (secondary N) is 3. The lowest BCUT2D eigenvalue weighted by molar-refractivity contribution is -0.117. The predicted molar refractivity (Wildman–Crippen MR) is 95.1 cm³/mol. The Hall–Kier alpha value is -2.31. The summed E-state index contributed by atoms with van der Waals surface area (Å²) >= 11 is 0. The van der Waals surface area contributed by atoms with Crippen LogP contribution in [0.5, 0.6) is 0 Å². The fourth-order valence-corrected chi connectivity index (χ4v) is 2.31. The van der Waals surface area contributed by atoms with Gasteiger partial charge in [0.05, 0.1) is 11.4 Å². The Morgan fingerprint density at radius 3 is 2.48 bits per heavy atom. The van der Waals surface area contributed by atoms with Crippen molar-refractivity contribution in [1.29, 1.82) is 0 Å². The third kappa shape index (κ3) is 5.92. The molecule has 1 aromatic carbocycles. The highest BCUT2D eigenvalue weighted by molar-refractivity contribution is 5.98. The summed E-state index contributed by atoms with van der Waals surface area (Å²) in [7, 11) is 0. The molecule has 0 bridgehead atoms. The number of hydrogen-bond donors (Lipinski definition) is 3.